The Bertz CT molecular complexity index is 481. The van der Waals surface area contributed by atoms with E-state index in [1.54, 1.807) is 0 Å². The van der Waals surface area contributed by atoms with Crippen molar-refractivity contribution in [2.75, 3.05) is 7.11 Å². The number of esters is 1. The lowest BCUT2D eigenvalue weighted by molar-refractivity contribution is -0.177. The van der Waals surface area contributed by atoms with Gasteiger partial charge in [0, 0.05) is 11.5 Å². The number of hydrogen-bond donors (Lipinski definition) is 2. The van der Waals surface area contributed by atoms with E-state index in [1.165, 1.54) is 13.2 Å². The largest absolute Gasteiger partial charge is 0.478 e. The van der Waals surface area contributed by atoms with Crippen molar-refractivity contribution in [2.45, 2.75) is 57.8 Å². The zero-order valence-electron chi connectivity index (χ0n) is 13.2. The lowest BCUT2D eigenvalue weighted by Crippen LogP contribution is -2.54. The van der Waals surface area contributed by atoms with E-state index in [4.69, 9.17) is 9.47 Å². The monoisotopic (exact) mass is 312 g/mol. The highest BCUT2D eigenvalue weighted by Crippen LogP contribution is 2.53. The van der Waals surface area contributed by atoms with Crippen LogP contribution < -0.4 is 0 Å². The first-order valence-corrected chi connectivity index (χ1v) is 7.79. The molecule has 0 unspecified atom stereocenters. The van der Waals surface area contributed by atoms with Gasteiger partial charge in [0.05, 0.1) is 25.4 Å². The van der Waals surface area contributed by atoms with Crippen LogP contribution >= 0.6 is 0 Å². The molecule has 0 aromatic rings. The third-order valence-corrected chi connectivity index (χ3v) is 5.08. The average molecular weight is 312 g/mol. The van der Waals surface area contributed by atoms with Gasteiger partial charge in [0.25, 0.3) is 0 Å². The number of aliphatic carboxylic acids is 1. The zero-order valence-corrected chi connectivity index (χ0v) is 13.2. The Balaban J connectivity index is 2.45. The molecule has 124 valence electrons. The van der Waals surface area contributed by atoms with Crippen LogP contribution in [0.3, 0.4) is 0 Å². The summed E-state index contributed by atoms with van der Waals surface area (Å²) in [6.45, 7) is 3.94. The summed E-state index contributed by atoms with van der Waals surface area (Å²) in [6, 6.07) is 0. The number of carboxylic acid groups (broad SMARTS) is 1. The van der Waals surface area contributed by atoms with Crippen LogP contribution in [0.25, 0.3) is 0 Å². The van der Waals surface area contributed by atoms with Crippen LogP contribution in [0.2, 0.25) is 0 Å². The van der Waals surface area contributed by atoms with Gasteiger partial charge in [-0.25, -0.2) is 4.79 Å². The normalized spacial score (nSPS) is 33.7. The first-order chi connectivity index (χ1) is 10.4. The fraction of sp³-hybridized carbons (Fsp3) is 0.750. The van der Waals surface area contributed by atoms with E-state index in [0.717, 1.165) is 12.8 Å². The highest BCUT2D eigenvalue weighted by Gasteiger charge is 2.63. The van der Waals surface area contributed by atoms with E-state index < -0.39 is 35.5 Å². The van der Waals surface area contributed by atoms with E-state index in [1.807, 2.05) is 13.8 Å². The van der Waals surface area contributed by atoms with Gasteiger partial charge in [-0.1, -0.05) is 13.8 Å². The molecule has 6 heteroatoms. The molecular formula is C16H24O6. The number of fused-ring (bicyclic) bond motifs is 2. The van der Waals surface area contributed by atoms with Gasteiger partial charge in [0.2, 0.25) is 0 Å². The molecule has 4 atom stereocenters. The van der Waals surface area contributed by atoms with Crippen molar-refractivity contribution in [1.29, 1.82) is 0 Å². The van der Waals surface area contributed by atoms with Crippen molar-refractivity contribution in [3.05, 3.63) is 11.6 Å². The molecule has 0 amide bonds. The highest BCUT2D eigenvalue weighted by molar-refractivity contribution is 5.90. The number of aliphatic hydroxyl groups is 1. The SMILES string of the molecule is CCC(CC)O[C@@H]1C=C(C(=O)O)[C@@H]2CC[C@@]1(C(=O)OC)[C@H]2O. The van der Waals surface area contributed by atoms with Gasteiger partial charge in [-0.15, -0.1) is 0 Å². The van der Waals surface area contributed by atoms with Crippen LogP contribution in [-0.4, -0.2) is 47.6 Å². The molecule has 22 heavy (non-hydrogen) atoms. The molecule has 0 spiro atoms. The van der Waals surface area contributed by atoms with Gasteiger partial charge < -0.3 is 19.7 Å². The molecule has 2 aliphatic rings. The minimum atomic E-state index is -1.19. The summed E-state index contributed by atoms with van der Waals surface area (Å²) in [5, 5.41) is 20.0. The fourth-order valence-corrected chi connectivity index (χ4v) is 3.74. The smallest absolute Gasteiger partial charge is 0.331 e. The second kappa shape index (κ2) is 6.38. The van der Waals surface area contributed by atoms with Gasteiger partial charge in [-0.3, -0.25) is 4.79 Å². The topological polar surface area (TPSA) is 93.1 Å². The maximum Gasteiger partial charge on any atom is 0.331 e. The Hall–Kier alpha value is -1.40. The third-order valence-electron chi connectivity index (χ3n) is 5.08. The Morgan fingerprint density at radius 1 is 1.41 bits per heavy atom. The number of aliphatic hydroxyl groups excluding tert-OH is 1. The third kappa shape index (κ3) is 2.44. The number of rotatable bonds is 6. The fourth-order valence-electron chi connectivity index (χ4n) is 3.74. The van der Waals surface area contributed by atoms with Gasteiger partial charge in [0.1, 0.15) is 5.41 Å². The molecule has 1 saturated carbocycles. The predicted molar refractivity (Wildman–Crippen MR) is 78.1 cm³/mol. The van der Waals surface area contributed by atoms with Crippen LogP contribution in [0.5, 0.6) is 0 Å². The van der Waals surface area contributed by atoms with E-state index >= 15 is 0 Å². The standard InChI is InChI=1S/C16H24O6/c1-4-9(5-2)22-12-8-11(14(18)19)10-6-7-16(12,13(10)17)15(20)21-3/h8-10,12-13,17H,4-7H2,1-3H3,(H,18,19)/t10-,12+,13-,16-/m0/s1. The van der Waals surface area contributed by atoms with Crippen molar-refractivity contribution >= 4 is 11.9 Å². The van der Waals surface area contributed by atoms with E-state index in [0.29, 0.717) is 12.8 Å². The molecular weight excluding hydrogens is 288 g/mol. The van der Waals surface area contributed by atoms with Gasteiger partial charge >= 0.3 is 11.9 Å². The number of carboxylic acids is 1. The quantitative estimate of drug-likeness (QED) is 0.722. The van der Waals surface area contributed by atoms with Crippen LogP contribution in [0.1, 0.15) is 39.5 Å². The van der Waals surface area contributed by atoms with Crippen molar-refractivity contribution < 1.29 is 29.3 Å². The number of carbonyl (C=O) groups is 2. The molecule has 0 radical (unpaired) electrons. The molecule has 2 aliphatic carbocycles. The summed E-state index contributed by atoms with van der Waals surface area (Å²) >= 11 is 0. The predicted octanol–water partition coefficient (Wildman–Crippen LogP) is 1.52. The van der Waals surface area contributed by atoms with Crippen LogP contribution in [0, 0.1) is 11.3 Å². The zero-order chi connectivity index (χ0) is 16.5. The minimum Gasteiger partial charge on any atom is -0.478 e. The first kappa shape index (κ1) is 17.0. The Morgan fingerprint density at radius 3 is 2.55 bits per heavy atom. The molecule has 6 nitrogen and oxygen atoms in total. The molecule has 2 N–H and O–H groups in total. The summed E-state index contributed by atoms with van der Waals surface area (Å²) < 4.78 is 10.9. The summed E-state index contributed by atoms with van der Waals surface area (Å²) in [5.74, 6) is -2.14. The molecule has 0 aromatic heterocycles. The number of hydrogen-bond acceptors (Lipinski definition) is 5. The Morgan fingerprint density at radius 2 is 2.05 bits per heavy atom. The maximum absolute atomic E-state index is 12.4. The number of ether oxygens (including phenoxy) is 2. The molecule has 0 saturated heterocycles. The lowest BCUT2D eigenvalue weighted by atomic mass is 9.71. The average Bonchev–Trinajstić information content (AvgIpc) is 2.75. The van der Waals surface area contributed by atoms with Gasteiger partial charge in [-0.2, -0.15) is 0 Å². The van der Waals surface area contributed by atoms with Crippen molar-refractivity contribution in [3.8, 4) is 0 Å². The first-order valence-electron chi connectivity index (χ1n) is 7.79. The molecule has 0 heterocycles. The molecule has 2 rings (SSSR count). The van der Waals surface area contributed by atoms with Crippen molar-refractivity contribution in [1.82, 2.24) is 0 Å². The van der Waals surface area contributed by atoms with E-state index in [2.05, 4.69) is 0 Å². The van der Waals surface area contributed by atoms with Crippen molar-refractivity contribution in [2.24, 2.45) is 11.3 Å². The molecule has 1 fully saturated rings. The summed E-state index contributed by atoms with van der Waals surface area (Å²) in [4.78, 5) is 23.8. The summed E-state index contributed by atoms with van der Waals surface area (Å²) in [6.07, 6.45) is 1.85. The van der Waals surface area contributed by atoms with Crippen LogP contribution in [-0.2, 0) is 19.1 Å². The van der Waals surface area contributed by atoms with Gasteiger partial charge in [-0.05, 0) is 31.8 Å². The number of carbonyl (C=O) groups excluding carboxylic acids is 1. The minimum absolute atomic E-state index is 0.0952. The Labute approximate surface area is 130 Å². The Kier molecular flexibility index (Phi) is 4.92. The molecule has 0 aliphatic heterocycles. The van der Waals surface area contributed by atoms with Crippen LogP contribution in [0.15, 0.2) is 11.6 Å². The summed E-state index contributed by atoms with van der Waals surface area (Å²) in [5.41, 5.74) is -1.05. The lowest BCUT2D eigenvalue weighted by Gasteiger charge is -2.41. The molecule has 2 bridgehead atoms. The maximum atomic E-state index is 12.4. The van der Waals surface area contributed by atoms with Crippen molar-refractivity contribution in [3.63, 3.8) is 0 Å². The van der Waals surface area contributed by atoms with E-state index in [9.17, 15) is 19.8 Å². The second-order valence-corrected chi connectivity index (χ2v) is 6.04. The van der Waals surface area contributed by atoms with E-state index in [-0.39, 0.29) is 11.7 Å². The van der Waals surface area contributed by atoms with Crippen LogP contribution in [0.4, 0.5) is 0 Å². The summed E-state index contributed by atoms with van der Waals surface area (Å²) in [7, 11) is 1.28. The molecule has 0 aromatic carbocycles. The number of methoxy groups -OCH3 is 1. The second-order valence-electron chi connectivity index (χ2n) is 6.04. The highest BCUT2D eigenvalue weighted by atomic mass is 16.5. The van der Waals surface area contributed by atoms with Gasteiger partial charge in [0.15, 0.2) is 0 Å².